The summed E-state index contributed by atoms with van der Waals surface area (Å²) in [4.78, 5) is 35.1. The van der Waals surface area contributed by atoms with Crippen molar-refractivity contribution in [2.45, 2.75) is 5.92 Å². The van der Waals surface area contributed by atoms with Crippen LogP contribution >= 0.6 is 11.6 Å². The van der Waals surface area contributed by atoms with Crippen LogP contribution in [0.15, 0.2) is 53.7 Å². The van der Waals surface area contributed by atoms with Crippen LogP contribution in [0.3, 0.4) is 0 Å². The summed E-state index contributed by atoms with van der Waals surface area (Å²) >= 11 is 6.19. The molecule has 3 heterocycles. The summed E-state index contributed by atoms with van der Waals surface area (Å²) in [5.74, 6) is 0.271. The molecule has 198 valence electrons. The Morgan fingerprint density at radius 1 is 1.08 bits per heavy atom. The van der Waals surface area contributed by atoms with Crippen LogP contribution in [0.5, 0.6) is 11.5 Å². The summed E-state index contributed by atoms with van der Waals surface area (Å²) < 4.78 is 13.3. The van der Waals surface area contributed by atoms with Gasteiger partial charge in [0.25, 0.3) is 5.91 Å². The maximum Gasteiger partial charge on any atom is 0.270 e. The first-order valence-electron chi connectivity index (χ1n) is 12.4. The van der Waals surface area contributed by atoms with Crippen LogP contribution in [-0.4, -0.2) is 79.3 Å². The molecule has 0 aliphatic carbocycles. The van der Waals surface area contributed by atoms with E-state index in [9.17, 15) is 9.59 Å². The first-order valence-corrected chi connectivity index (χ1v) is 12.7. The molecule has 9 nitrogen and oxygen atoms in total. The van der Waals surface area contributed by atoms with Gasteiger partial charge >= 0.3 is 0 Å². The highest BCUT2D eigenvalue weighted by Crippen LogP contribution is 2.39. The Hall–Kier alpha value is -3.82. The molecule has 2 aliphatic heterocycles. The number of nitrogens with one attached hydrogen (secondary N) is 1. The SMILES string of the molecule is CN(C)CCN(C)C(=O)c1cc(N=C(c2ccc3c(c2)OCCO3)C2C(=O)Nc3cc(Cl)ccc32)cn1C. The molecule has 0 spiro atoms. The van der Waals surface area contributed by atoms with Crippen LogP contribution in [-0.2, 0) is 11.8 Å². The van der Waals surface area contributed by atoms with Crippen molar-refractivity contribution in [3.63, 3.8) is 0 Å². The Balaban J connectivity index is 1.57. The molecule has 38 heavy (non-hydrogen) atoms. The molecule has 1 N–H and O–H groups in total. The number of hydrogen-bond donors (Lipinski definition) is 1. The smallest absolute Gasteiger partial charge is 0.270 e. The minimum absolute atomic E-state index is 0.102. The van der Waals surface area contributed by atoms with Gasteiger partial charge in [-0.05, 0) is 56.1 Å². The molecular weight excluding hydrogens is 506 g/mol. The zero-order valence-electron chi connectivity index (χ0n) is 21.8. The van der Waals surface area contributed by atoms with Gasteiger partial charge in [0, 0.05) is 49.7 Å². The Morgan fingerprint density at radius 2 is 1.84 bits per heavy atom. The van der Waals surface area contributed by atoms with Gasteiger partial charge in [0.2, 0.25) is 5.91 Å². The number of carbonyl (C=O) groups is 2. The number of carbonyl (C=O) groups excluding carboxylic acids is 2. The second-order valence-electron chi connectivity index (χ2n) is 9.73. The second-order valence-corrected chi connectivity index (χ2v) is 10.2. The molecule has 0 saturated heterocycles. The van der Waals surface area contributed by atoms with Crippen molar-refractivity contribution < 1.29 is 19.1 Å². The lowest BCUT2D eigenvalue weighted by Crippen LogP contribution is -2.34. The van der Waals surface area contributed by atoms with Gasteiger partial charge in [-0.25, -0.2) is 0 Å². The number of anilines is 1. The average molecular weight is 536 g/mol. The van der Waals surface area contributed by atoms with E-state index in [4.69, 9.17) is 26.1 Å². The number of aryl methyl sites for hydroxylation is 1. The fourth-order valence-electron chi connectivity index (χ4n) is 4.61. The van der Waals surface area contributed by atoms with Crippen molar-refractivity contribution in [3.8, 4) is 11.5 Å². The Kier molecular flexibility index (Phi) is 7.14. The van der Waals surface area contributed by atoms with Crippen molar-refractivity contribution in [1.29, 1.82) is 0 Å². The average Bonchev–Trinajstić information content (AvgIpc) is 3.42. The van der Waals surface area contributed by atoms with E-state index in [2.05, 4.69) is 5.32 Å². The van der Waals surface area contributed by atoms with E-state index in [0.717, 1.165) is 17.7 Å². The van der Waals surface area contributed by atoms with Crippen LogP contribution in [0.2, 0.25) is 5.02 Å². The summed E-state index contributed by atoms with van der Waals surface area (Å²) in [7, 11) is 7.54. The number of amides is 2. The van der Waals surface area contributed by atoms with E-state index in [1.807, 2.05) is 50.3 Å². The maximum atomic E-state index is 13.3. The first-order chi connectivity index (χ1) is 18.2. The monoisotopic (exact) mass is 535 g/mol. The molecule has 1 aromatic heterocycles. The molecule has 3 aromatic rings. The van der Waals surface area contributed by atoms with Crippen LogP contribution in [0.4, 0.5) is 11.4 Å². The van der Waals surface area contributed by atoms with Gasteiger partial charge in [0.05, 0.1) is 11.4 Å². The van der Waals surface area contributed by atoms with Crippen LogP contribution in [0, 0.1) is 0 Å². The number of likely N-dealkylation sites (N-methyl/N-ethyl adjacent to an activating group) is 2. The van der Waals surface area contributed by atoms with Gasteiger partial charge in [0.15, 0.2) is 11.5 Å². The Morgan fingerprint density at radius 3 is 2.61 bits per heavy atom. The van der Waals surface area contributed by atoms with Gasteiger partial charge in [-0.3, -0.25) is 14.6 Å². The maximum absolute atomic E-state index is 13.3. The number of halogens is 1. The molecule has 2 amide bonds. The molecule has 0 radical (unpaired) electrons. The van der Waals surface area contributed by atoms with E-state index in [1.54, 1.807) is 40.9 Å². The third kappa shape index (κ3) is 5.12. The molecule has 5 rings (SSSR count). The van der Waals surface area contributed by atoms with E-state index in [0.29, 0.717) is 59.1 Å². The summed E-state index contributed by atoms with van der Waals surface area (Å²) in [6, 6.07) is 12.6. The lowest BCUT2D eigenvalue weighted by molar-refractivity contribution is -0.115. The predicted molar refractivity (Wildman–Crippen MR) is 147 cm³/mol. The summed E-state index contributed by atoms with van der Waals surface area (Å²) in [5.41, 5.74) is 3.77. The highest BCUT2D eigenvalue weighted by atomic mass is 35.5. The molecule has 10 heteroatoms. The van der Waals surface area contributed by atoms with Crippen molar-refractivity contribution in [1.82, 2.24) is 14.4 Å². The number of aliphatic imine (C=N–C) groups is 1. The normalized spacial score (nSPS) is 16.4. The Bertz CT molecular complexity index is 1430. The first kappa shape index (κ1) is 25.8. The molecule has 1 unspecified atom stereocenters. The number of ether oxygens (including phenoxy) is 2. The van der Waals surface area contributed by atoms with Crippen molar-refractivity contribution in [2.24, 2.45) is 12.0 Å². The third-order valence-corrected chi connectivity index (χ3v) is 6.88. The standard InChI is InChI=1S/C28H30ClN5O4/c1-32(2)9-10-33(3)28(36)22-15-19(16-34(22)4)30-26(17-5-8-23-24(13-17)38-12-11-37-23)25-20-7-6-18(29)14-21(20)31-27(25)35/h5-8,13-16,25H,9-12H2,1-4H3,(H,31,35). The minimum Gasteiger partial charge on any atom is -0.486 e. The van der Waals surface area contributed by atoms with E-state index in [-0.39, 0.29) is 11.8 Å². The van der Waals surface area contributed by atoms with Gasteiger partial charge in [-0.15, -0.1) is 0 Å². The molecule has 2 aromatic carbocycles. The molecule has 0 saturated carbocycles. The van der Waals surface area contributed by atoms with Crippen LogP contribution < -0.4 is 14.8 Å². The zero-order chi connectivity index (χ0) is 27.0. The third-order valence-electron chi connectivity index (χ3n) is 6.65. The van der Waals surface area contributed by atoms with Crippen molar-refractivity contribution in [3.05, 3.63) is 70.5 Å². The van der Waals surface area contributed by atoms with Gasteiger partial charge in [0.1, 0.15) is 24.8 Å². The van der Waals surface area contributed by atoms with Crippen LogP contribution in [0.1, 0.15) is 27.5 Å². The van der Waals surface area contributed by atoms with E-state index < -0.39 is 5.92 Å². The van der Waals surface area contributed by atoms with Gasteiger partial charge in [-0.2, -0.15) is 0 Å². The molecule has 0 fully saturated rings. The number of nitrogens with zero attached hydrogens (tertiary/aromatic N) is 4. The zero-order valence-corrected chi connectivity index (χ0v) is 22.6. The highest BCUT2D eigenvalue weighted by Gasteiger charge is 2.36. The lowest BCUT2D eigenvalue weighted by Gasteiger charge is -2.20. The minimum atomic E-state index is -0.674. The van der Waals surface area contributed by atoms with Gasteiger partial charge in [-0.1, -0.05) is 17.7 Å². The van der Waals surface area contributed by atoms with Crippen molar-refractivity contribution >= 4 is 40.5 Å². The molecular formula is C28H30ClN5O4. The fourth-order valence-corrected chi connectivity index (χ4v) is 4.78. The number of benzene rings is 2. The number of fused-ring (bicyclic) bond motifs is 2. The highest BCUT2D eigenvalue weighted by molar-refractivity contribution is 6.31. The van der Waals surface area contributed by atoms with Crippen molar-refractivity contribution in [2.75, 3.05) is 52.8 Å². The number of rotatable bonds is 7. The van der Waals surface area contributed by atoms with Crippen LogP contribution in [0.25, 0.3) is 0 Å². The number of hydrogen-bond acceptors (Lipinski definition) is 6. The number of aromatic nitrogens is 1. The van der Waals surface area contributed by atoms with E-state index in [1.165, 1.54) is 0 Å². The quantitative estimate of drug-likeness (QED) is 0.463. The second kappa shape index (κ2) is 10.5. The van der Waals surface area contributed by atoms with E-state index >= 15 is 0 Å². The molecule has 1 atom stereocenters. The summed E-state index contributed by atoms with van der Waals surface area (Å²) in [6.07, 6.45) is 1.79. The van der Waals surface area contributed by atoms with Gasteiger partial charge < -0.3 is 29.2 Å². The summed E-state index contributed by atoms with van der Waals surface area (Å²) in [5, 5.41) is 3.46. The molecule has 0 bridgehead atoms. The fraction of sp³-hybridized carbons (Fsp3) is 0.321. The molecule has 2 aliphatic rings. The largest absolute Gasteiger partial charge is 0.486 e. The lowest BCUT2D eigenvalue weighted by atomic mass is 9.90. The topological polar surface area (TPSA) is 88.4 Å². The summed E-state index contributed by atoms with van der Waals surface area (Å²) in [6.45, 7) is 2.28. The Labute approximate surface area is 226 Å². The predicted octanol–water partition coefficient (Wildman–Crippen LogP) is 3.94.